The van der Waals surface area contributed by atoms with E-state index in [2.05, 4.69) is 4.90 Å². The molecule has 24 heavy (non-hydrogen) atoms. The molecule has 134 valence electrons. The van der Waals surface area contributed by atoms with Gasteiger partial charge in [-0.15, -0.1) is 0 Å². The van der Waals surface area contributed by atoms with Crippen molar-refractivity contribution in [3.8, 4) is 0 Å². The number of para-hydroxylation sites is 1. The molecule has 1 saturated heterocycles. The van der Waals surface area contributed by atoms with Crippen molar-refractivity contribution in [1.82, 2.24) is 4.90 Å². The van der Waals surface area contributed by atoms with Gasteiger partial charge in [0.25, 0.3) is 0 Å². The van der Waals surface area contributed by atoms with E-state index in [1.807, 2.05) is 13.1 Å². The van der Waals surface area contributed by atoms with Gasteiger partial charge in [0.05, 0.1) is 12.3 Å². The normalized spacial score (nSPS) is 18.1. The number of esters is 1. The highest BCUT2D eigenvalue weighted by molar-refractivity contribution is 7.94. The summed E-state index contributed by atoms with van der Waals surface area (Å²) in [6.45, 7) is 3.27. The number of likely N-dealkylation sites (tertiary alicyclic amines) is 1. The first-order valence-corrected chi connectivity index (χ1v) is 9.99. The molecule has 8 heteroatoms. The zero-order valence-corrected chi connectivity index (χ0v) is 15.7. The van der Waals surface area contributed by atoms with E-state index >= 15 is 0 Å². The molecule has 0 amide bonds. The summed E-state index contributed by atoms with van der Waals surface area (Å²) in [5.41, 5.74) is 0.515. The number of anilines is 1. The van der Waals surface area contributed by atoms with Gasteiger partial charge in [-0.3, -0.25) is 9.10 Å². The largest absolute Gasteiger partial charge is 0.465 e. The number of rotatable bonds is 6. The van der Waals surface area contributed by atoms with E-state index in [1.54, 1.807) is 31.2 Å². The van der Waals surface area contributed by atoms with Crippen molar-refractivity contribution >= 4 is 34.3 Å². The van der Waals surface area contributed by atoms with Crippen LogP contribution in [0.1, 0.15) is 19.8 Å². The monoisotopic (exact) mass is 372 g/mol. The lowest BCUT2D eigenvalue weighted by Gasteiger charge is -2.45. The minimum Gasteiger partial charge on any atom is -0.465 e. The lowest BCUT2D eigenvalue weighted by molar-refractivity contribution is -0.139. The first-order chi connectivity index (χ1) is 11.3. The molecule has 2 rings (SSSR count). The van der Waals surface area contributed by atoms with Crippen LogP contribution >= 0.6 is 12.6 Å². The molecule has 1 aromatic carbocycles. The molecule has 0 aromatic heterocycles. The van der Waals surface area contributed by atoms with Gasteiger partial charge >= 0.3 is 5.97 Å². The SMILES string of the molecule is CCOC(=O)CS(=O)(=O)N(c1ccccc1)C1(S)CCN(C)CC1. The zero-order chi connectivity index (χ0) is 17.8. The minimum atomic E-state index is -3.91. The molecular formula is C16H24N2O4S2. The van der Waals surface area contributed by atoms with E-state index in [9.17, 15) is 13.2 Å². The number of carbonyl (C=O) groups is 1. The van der Waals surface area contributed by atoms with Crippen molar-refractivity contribution in [2.24, 2.45) is 0 Å². The van der Waals surface area contributed by atoms with Gasteiger partial charge in [-0.25, -0.2) is 8.42 Å². The fourth-order valence-electron chi connectivity index (χ4n) is 2.82. The Morgan fingerprint density at radius 1 is 1.29 bits per heavy atom. The van der Waals surface area contributed by atoms with E-state index in [0.717, 1.165) is 13.1 Å². The van der Waals surface area contributed by atoms with Crippen LogP contribution in [0.5, 0.6) is 0 Å². The van der Waals surface area contributed by atoms with E-state index < -0.39 is 26.6 Å². The number of benzene rings is 1. The molecule has 1 fully saturated rings. The number of piperidine rings is 1. The third-order valence-electron chi connectivity index (χ3n) is 4.04. The maximum Gasteiger partial charge on any atom is 0.323 e. The molecule has 1 heterocycles. The molecular weight excluding hydrogens is 348 g/mol. The van der Waals surface area contributed by atoms with Crippen molar-refractivity contribution < 1.29 is 17.9 Å². The van der Waals surface area contributed by atoms with Crippen molar-refractivity contribution in [3.63, 3.8) is 0 Å². The highest BCUT2D eigenvalue weighted by Gasteiger charge is 2.43. The molecule has 1 aliphatic heterocycles. The van der Waals surface area contributed by atoms with Crippen molar-refractivity contribution in [2.75, 3.05) is 36.8 Å². The molecule has 1 aliphatic rings. The Kier molecular flexibility index (Phi) is 6.17. The van der Waals surface area contributed by atoms with E-state index in [0.29, 0.717) is 18.5 Å². The highest BCUT2D eigenvalue weighted by Crippen LogP contribution is 2.38. The Labute approximate surface area is 149 Å². The first-order valence-electron chi connectivity index (χ1n) is 7.93. The number of thiol groups is 1. The van der Waals surface area contributed by atoms with Gasteiger partial charge in [0, 0.05) is 13.1 Å². The van der Waals surface area contributed by atoms with Gasteiger partial charge in [0.15, 0.2) is 5.75 Å². The molecule has 0 radical (unpaired) electrons. The molecule has 0 aliphatic carbocycles. The summed E-state index contributed by atoms with van der Waals surface area (Å²) < 4.78 is 32.1. The molecule has 6 nitrogen and oxygen atoms in total. The van der Waals surface area contributed by atoms with Gasteiger partial charge in [-0.2, -0.15) is 12.6 Å². The molecule has 0 saturated carbocycles. The van der Waals surface area contributed by atoms with Crippen molar-refractivity contribution in [1.29, 1.82) is 0 Å². The second-order valence-electron chi connectivity index (χ2n) is 5.95. The summed E-state index contributed by atoms with van der Waals surface area (Å²) >= 11 is 4.73. The molecule has 0 unspecified atom stereocenters. The smallest absolute Gasteiger partial charge is 0.323 e. The van der Waals surface area contributed by atoms with Crippen LogP contribution in [-0.2, 0) is 19.6 Å². The molecule has 0 spiro atoms. The summed E-state index contributed by atoms with van der Waals surface area (Å²) in [5, 5.41) is 0. The van der Waals surface area contributed by atoms with Crippen molar-refractivity contribution in [2.45, 2.75) is 24.6 Å². The number of nitrogens with zero attached hydrogens (tertiary/aromatic N) is 2. The maximum atomic E-state index is 13.0. The Morgan fingerprint density at radius 2 is 1.88 bits per heavy atom. The third-order valence-corrected chi connectivity index (χ3v) is 6.54. The predicted molar refractivity (Wildman–Crippen MR) is 97.8 cm³/mol. The number of carbonyl (C=O) groups excluding carboxylic acids is 1. The van der Waals surface area contributed by atoms with Gasteiger partial charge in [0.2, 0.25) is 10.0 Å². The van der Waals surface area contributed by atoms with Gasteiger partial charge in [0.1, 0.15) is 4.87 Å². The average molecular weight is 373 g/mol. The van der Waals surface area contributed by atoms with Crippen LogP contribution in [0.4, 0.5) is 5.69 Å². The Bertz CT molecular complexity index is 656. The summed E-state index contributed by atoms with van der Waals surface area (Å²) in [6, 6.07) is 8.81. The lowest BCUT2D eigenvalue weighted by atomic mass is 10.0. The summed E-state index contributed by atoms with van der Waals surface area (Å²) in [5.74, 6) is -1.43. The maximum absolute atomic E-state index is 13.0. The van der Waals surface area contributed by atoms with Crippen LogP contribution in [0.3, 0.4) is 0 Å². The van der Waals surface area contributed by atoms with Crippen LogP contribution in [0, 0.1) is 0 Å². The predicted octanol–water partition coefficient (Wildman–Crippen LogP) is 1.74. The number of ether oxygens (including phenoxy) is 1. The first kappa shape index (κ1) is 19.1. The third kappa shape index (κ3) is 4.43. The Hall–Kier alpha value is -1.25. The van der Waals surface area contributed by atoms with E-state index in [4.69, 9.17) is 17.4 Å². The molecule has 0 bridgehead atoms. The van der Waals surface area contributed by atoms with Gasteiger partial charge in [-0.05, 0) is 38.9 Å². The van der Waals surface area contributed by atoms with Crippen LogP contribution < -0.4 is 4.31 Å². The second kappa shape index (κ2) is 7.76. The number of sulfonamides is 1. The quantitative estimate of drug-likeness (QED) is 0.468. The van der Waals surface area contributed by atoms with E-state index in [1.165, 1.54) is 4.31 Å². The fraction of sp³-hybridized carbons (Fsp3) is 0.562. The Morgan fingerprint density at radius 3 is 2.42 bits per heavy atom. The minimum absolute atomic E-state index is 0.149. The van der Waals surface area contributed by atoms with Gasteiger partial charge in [-0.1, -0.05) is 18.2 Å². The average Bonchev–Trinajstić information content (AvgIpc) is 2.51. The zero-order valence-electron chi connectivity index (χ0n) is 14.0. The van der Waals surface area contributed by atoms with E-state index in [-0.39, 0.29) is 6.61 Å². The summed E-state index contributed by atoms with van der Waals surface area (Å²) in [4.78, 5) is 13.0. The molecule has 1 aromatic rings. The van der Waals surface area contributed by atoms with Crippen LogP contribution in [-0.4, -0.2) is 56.7 Å². The van der Waals surface area contributed by atoms with Crippen LogP contribution in [0.2, 0.25) is 0 Å². The fourth-order valence-corrected chi connectivity index (χ4v) is 5.16. The Balaban J connectivity index is 2.38. The summed E-state index contributed by atoms with van der Waals surface area (Å²) in [7, 11) is -1.92. The standard InChI is InChI=1S/C16H24N2O4S2/c1-3-22-15(19)13-24(20,21)18(14-7-5-4-6-8-14)16(23)9-11-17(2)12-10-16/h4-8,23H,3,9-13H2,1-2H3. The van der Waals surface area contributed by atoms with Crippen LogP contribution in [0.15, 0.2) is 30.3 Å². The highest BCUT2D eigenvalue weighted by atomic mass is 32.2. The van der Waals surface area contributed by atoms with Crippen molar-refractivity contribution in [3.05, 3.63) is 30.3 Å². The topological polar surface area (TPSA) is 66.9 Å². The molecule has 0 N–H and O–H groups in total. The molecule has 0 atom stereocenters. The summed E-state index contributed by atoms with van der Waals surface area (Å²) in [6.07, 6.45) is 1.15. The number of hydrogen-bond donors (Lipinski definition) is 1. The second-order valence-corrected chi connectivity index (χ2v) is 8.60. The number of hydrogen-bond acceptors (Lipinski definition) is 6. The van der Waals surface area contributed by atoms with Crippen LogP contribution in [0.25, 0.3) is 0 Å². The lowest BCUT2D eigenvalue weighted by Crippen LogP contribution is -2.55. The van der Waals surface area contributed by atoms with Gasteiger partial charge < -0.3 is 9.64 Å².